The Hall–Kier alpha value is -2.82. The molecule has 3 N–H and O–H groups in total. The van der Waals surface area contributed by atoms with Gasteiger partial charge in [0.2, 0.25) is 5.88 Å². The first kappa shape index (κ1) is 11.3. The van der Waals surface area contributed by atoms with Gasteiger partial charge in [0.15, 0.2) is 5.75 Å². The summed E-state index contributed by atoms with van der Waals surface area (Å²) in [5, 5.41) is 19.2. The Morgan fingerprint density at radius 1 is 1.05 bits per heavy atom. The van der Waals surface area contributed by atoms with E-state index in [2.05, 4.69) is 10.2 Å². The molecule has 0 aliphatic rings. The van der Waals surface area contributed by atoms with Gasteiger partial charge in [0.25, 0.3) is 0 Å². The number of nitrogens with two attached hydrogens (primary N) is 1. The third kappa shape index (κ3) is 2.01. The Balaban J connectivity index is 2.09. The van der Waals surface area contributed by atoms with Crippen LogP contribution in [0.2, 0.25) is 0 Å². The molecule has 94 valence electrons. The highest BCUT2D eigenvalue weighted by Gasteiger charge is 2.09. The minimum atomic E-state index is -0.0225. The molecular weight excluding hydrogens is 242 g/mol. The molecule has 0 spiro atoms. The van der Waals surface area contributed by atoms with Crippen LogP contribution in [0.3, 0.4) is 0 Å². The van der Waals surface area contributed by atoms with Gasteiger partial charge in [-0.15, -0.1) is 5.10 Å². The van der Waals surface area contributed by atoms with Crippen molar-refractivity contribution in [2.75, 3.05) is 5.73 Å². The predicted octanol–water partition coefficient (Wildman–Crippen LogP) is 2.71. The van der Waals surface area contributed by atoms with Crippen molar-refractivity contribution in [3.63, 3.8) is 0 Å². The van der Waals surface area contributed by atoms with E-state index in [-0.39, 0.29) is 11.4 Å². The van der Waals surface area contributed by atoms with E-state index in [1.165, 1.54) is 6.07 Å². The summed E-state index contributed by atoms with van der Waals surface area (Å²) in [4.78, 5) is 0. The molecule has 0 saturated heterocycles. The smallest absolute Gasteiger partial charge is 0.246 e. The van der Waals surface area contributed by atoms with E-state index in [0.29, 0.717) is 11.6 Å². The summed E-state index contributed by atoms with van der Waals surface area (Å²) in [5.41, 5.74) is 5.93. The average Bonchev–Trinajstić information content (AvgIpc) is 2.44. The van der Waals surface area contributed by atoms with Crippen LogP contribution >= 0.6 is 0 Å². The molecule has 0 atom stereocenters. The van der Waals surface area contributed by atoms with E-state index in [9.17, 15) is 5.11 Å². The van der Waals surface area contributed by atoms with Crippen molar-refractivity contribution in [2.45, 2.75) is 0 Å². The van der Waals surface area contributed by atoms with Crippen LogP contribution in [0.25, 0.3) is 10.8 Å². The molecule has 1 aromatic heterocycles. The number of anilines is 1. The molecule has 0 saturated carbocycles. The van der Waals surface area contributed by atoms with Crippen LogP contribution in [-0.2, 0) is 0 Å². The van der Waals surface area contributed by atoms with Crippen LogP contribution in [-0.4, -0.2) is 15.3 Å². The molecule has 3 rings (SSSR count). The van der Waals surface area contributed by atoms with Crippen LogP contribution in [0.1, 0.15) is 0 Å². The number of aromatic nitrogens is 2. The Morgan fingerprint density at radius 3 is 2.79 bits per heavy atom. The Labute approximate surface area is 109 Å². The number of ether oxygens (including phenoxy) is 1. The molecule has 5 heteroatoms. The number of benzene rings is 2. The lowest BCUT2D eigenvalue weighted by atomic mass is 10.2. The molecular formula is C14H11N3O2. The van der Waals surface area contributed by atoms with Gasteiger partial charge >= 0.3 is 0 Å². The Kier molecular flexibility index (Phi) is 2.64. The maximum atomic E-state index is 9.55. The first-order valence-electron chi connectivity index (χ1n) is 5.71. The molecule has 0 amide bonds. The zero-order valence-electron chi connectivity index (χ0n) is 9.95. The zero-order chi connectivity index (χ0) is 13.2. The van der Waals surface area contributed by atoms with Crippen molar-refractivity contribution in [1.29, 1.82) is 0 Å². The number of nitrogen functional groups attached to an aromatic ring is 1. The number of nitrogens with zero attached hydrogens (tertiary/aromatic N) is 2. The van der Waals surface area contributed by atoms with Crippen molar-refractivity contribution in [3.8, 4) is 17.4 Å². The summed E-state index contributed by atoms with van der Waals surface area (Å²) < 4.78 is 5.64. The molecule has 0 aliphatic heterocycles. The molecule has 0 aliphatic carbocycles. The third-order valence-corrected chi connectivity index (χ3v) is 2.79. The van der Waals surface area contributed by atoms with Crippen molar-refractivity contribution in [2.24, 2.45) is 0 Å². The molecule has 0 fully saturated rings. The predicted molar refractivity (Wildman–Crippen MR) is 72.1 cm³/mol. The number of phenols is 1. The molecule has 1 heterocycles. The van der Waals surface area contributed by atoms with Crippen LogP contribution in [0, 0.1) is 0 Å². The lowest BCUT2D eigenvalue weighted by molar-refractivity contribution is 0.449. The Bertz CT molecular complexity index is 738. The maximum absolute atomic E-state index is 9.55. The number of phenolic OH excluding ortho intramolecular Hbond substituents is 1. The zero-order valence-corrected chi connectivity index (χ0v) is 9.95. The quantitative estimate of drug-likeness (QED) is 0.542. The van der Waals surface area contributed by atoms with Gasteiger partial charge in [0, 0.05) is 10.8 Å². The van der Waals surface area contributed by atoms with Gasteiger partial charge in [0.1, 0.15) is 11.4 Å². The van der Waals surface area contributed by atoms with E-state index < -0.39 is 0 Å². The molecule has 0 bridgehead atoms. The van der Waals surface area contributed by atoms with Gasteiger partial charge in [-0.1, -0.05) is 24.3 Å². The summed E-state index contributed by atoms with van der Waals surface area (Å²) in [5.74, 6) is 0.687. The summed E-state index contributed by atoms with van der Waals surface area (Å²) >= 11 is 0. The fraction of sp³-hybridized carbons (Fsp3) is 0. The van der Waals surface area contributed by atoms with Gasteiger partial charge in [-0.05, 0) is 18.2 Å². The molecule has 2 aromatic carbocycles. The highest BCUT2D eigenvalue weighted by molar-refractivity contribution is 5.86. The summed E-state index contributed by atoms with van der Waals surface area (Å²) in [6.45, 7) is 0. The van der Waals surface area contributed by atoms with E-state index in [1.54, 1.807) is 18.3 Å². The van der Waals surface area contributed by atoms with Gasteiger partial charge in [-0.3, -0.25) is 0 Å². The molecule has 5 nitrogen and oxygen atoms in total. The highest BCUT2D eigenvalue weighted by Crippen LogP contribution is 2.34. The van der Waals surface area contributed by atoms with E-state index in [4.69, 9.17) is 10.5 Å². The lowest BCUT2D eigenvalue weighted by Crippen LogP contribution is -1.95. The monoisotopic (exact) mass is 253 g/mol. The SMILES string of the molecule is Nc1c(O)cccc1Oc1nncc2ccccc12. The van der Waals surface area contributed by atoms with E-state index in [1.807, 2.05) is 24.3 Å². The van der Waals surface area contributed by atoms with Crippen molar-refractivity contribution < 1.29 is 9.84 Å². The maximum Gasteiger partial charge on any atom is 0.246 e. The van der Waals surface area contributed by atoms with Crippen molar-refractivity contribution >= 4 is 16.5 Å². The number of rotatable bonds is 2. The minimum Gasteiger partial charge on any atom is -0.506 e. The number of fused-ring (bicyclic) bond motifs is 1. The number of hydrogen-bond acceptors (Lipinski definition) is 5. The van der Waals surface area contributed by atoms with Gasteiger partial charge < -0.3 is 15.6 Å². The van der Waals surface area contributed by atoms with Crippen LogP contribution in [0.4, 0.5) is 5.69 Å². The first-order chi connectivity index (χ1) is 9.25. The normalized spacial score (nSPS) is 10.5. The Morgan fingerprint density at radius 2 is 1.89 bits per heavy atom. The van der Waals surface area contributed by atoms with Crippen molar-refractivity contribution in [1.82, 2.24) is 10.2 Å². The number of aromatic hydroxyl groups is 1. The largest absolute Gasteiger partial charge is 0.506 e. The summed E-state index contributed by atoms with van der Waals surface area (Å²) in [7, 11) is 0. The highest BCUT2D eigenvalue weighted by atomic mass is 16.5. The fourth-order valence-corrected chi connectivity index (χ4v) is 1.80. The molecule has 0 unspecified atom stereocenters. The second kappa shape index (κ2) is 4.45. The standard InChI is InChI=1S/C14H11N3O2/c15-13-11(18)6-3-7-12(13)19-14-10-5-2-1-4-9(10)8-16-17-14/h1-8,18H,15H2. The van der Waals surface area contributed by atoms with Gasteiger partial charge in [0.05, 0.1) is 6.20 Å². The number of hydrogen-bond donors (Lipinski definition) is 2. The minimum absolute atomic E-state index is 0.0225. The van der Waals surface area contributed by atoms with E-state index >= 15 is 0 Å². The lowest BCUT2D eigenvalue weighted by Gasteiger charge is -2.09. The third-order valence-electron chi connectivity index (χ3n) is 2.79. The summed E-state index contributed by atoms with van der Waals surface area (Å²) in [6, 6.07) is 12.4. The fourth-order valence-electron chi connectivity index (χ4n) is 1.80. The summed E-state index contributed by atoms with van der Waals surface area (Å²) in [6.07, 6.45) is 1.66. The van der Waals surface area contributed by atoms with Gasteiger partial charge in [-0.2, -0.15) is 5.10 Å². The topological polar surface area (TPSA) is 81.3 Å². The first-order valence-corrected chi connectivity index (χ1v) is 5.71. The second-order valence-electron chi connectivity index (χ2n) is 4.03. The van der Waals surface area contributed by atoms with Crippen LogP contribution in [0.5, 0.6) is 17.4 Å². The average molecular weight is 253 g/mol. The molecule has 3 aromatic rings. The van der Waals surface area contributed by atoms with Gasteiger partial charge in [-0.25, -0.2) is 0 Å². The second-order valence-corrected chi connectivity index (χ2v) is 4.03. The van der Waals surface area contributed by atoms with Crippen molar-refractivity contribution in [3.05, 3.63) is 48.7 Å². The number of para-hydroxylation sites is 1. The van der Waals surface area contributed by atoms with E-state index in [0.717, 1.165) is 10.8 Å². The molecule has 19 heavy (non-hydrogen) atoms. The van der Waals surface area contributed by atoms with Crippen LogP contribution in [0.15, 0.2) is 48.7 Å². The molecule has 0 radical (unpaired) electrons. The van der Waals surface area contributed by atoms with Crippen LogP contribution < -0.4 is 10.5 Å².